The quantitative estimate of drug-likeness (QED) is 0.317. The minimum atomic E-state index is -0.629. The largest absolute Gasteiger partial charge is 0.371 e. The van der Waals surface area contributed by atoms with Crippen LogP contribution in [0.2, 0.25) is 0 Å². The van der Waals surface area contributed by atoms with Crippen molar-refractivity contribution in [3.63, 3.8) is 0 Å². The highest BCUT2D eigenvalue weighted by atomic mass is 16.7. The summed E-state index contributed by atoms with van der Waals surface area (Å²) in [6.45, 7) is 3.62. The SMILES string of the molecule is O=c1n(CC2CO2)c(=O)n(CC2OC2C2OC2CN(CC2CO2)c2ccccc2)c(=O)n1CC1CO1. The minimum Gasteiger partial charge on any atom is -0.371 e. The van der Waals surface area contributed by atoms with E-state index >= 15 is 0 Å². The third-order valence-electron chi connectivity index (χ3n) is 7.24. The zero-order valence-corrected chi connectivity index (χ0v) is 19.6. The van der Waals surface area contributed by atoms with Crippen molar-refractivity contribution in [1.82, 2.24) is 13.7 Å². The van der Waals surface area contributed by atoms with Gasteiger partial charge in [0.1, 0.15) is 24.4 Å². The number of aromatic nitrogens is 3. The second kappa shape index (κ2) is 8.67. The molecule has 0 spiro atoms. The fourth-order valence-corrected chi connectivity index (χ4v) is 4.83. The standard InChI is InChI=1S/C24H28N4O8/c29-22-26(7-16-12-33-16)23(30)28(24(31)27(22)8-17-13-34-17)10-19-21(36-19)20-18(35-20)9-25(6-15-11-32-15)14-4-2-1-3-5-14/h1-5,15-21H,6-13H2. The van der Waals surface area contributed by atoms with Crippen molar-refractivity contribution in [2.24, 2.45) is 0 Å². The number of rotatable bonds is 12. The smallest absolute Gasteiger partial charge is 0.336 e. The maximum absolute atomic E-state index is 13.1. The summed E-state index contributed by atoms with van der Waals surface area (Å²) >= 11 is 0. The maximum atomic E-state index is 13.1. The summed E-state index contributed by atoms with van der Waals surface area (Å²) in [4.78, 5) is 41.3. The van der Waals surface area contributed by atoms with Gasteiger partial charge in [-0.25, -0.2) is 28.1 Å². The lowest BCUT2D eigenvalue weighted by Gasteiger charge is -2.23. The Morgan fingerprint density at radius 3 is 1.72 bits per heavy atom. The van der Waals surface area contributed by atoms with Crippen LogP contribution in [-0.2, 0) is 43.3 Å². The molecule has 5 saturated heterocycles. The molecule has 12 nitrogen and oxygen atoms in total. The van der Waals surface area contributed by atoms with E-state index in [0.29, 0.717) is 19.8 Å². The zero-order chi connectivity index (χ0) is 24.4. The molecule has 192 valence electrons. The van der Waals surface area contributed by atoms with Gasteiger partial charge in [-0.15, -0.1) is 0 Å². The molecule has 36 heavy (non-hydrogen) atoms. The van der Waals surface area contributed by atoms with Gasteiger partial charge in [0.2, 0.25) is 0 Å². The molecule has 0 bridgehead atoms. The number of anilines is 1. The van der Waals surface area contributed by atoms with Gasteiger partial charge in [-0.05, 0) is 12.1 Å². The molecule has 0 N–H and O–H groups in total. The predicted molar refractivity (Wildman–Crippen MR) is 124 cm³/mol. The van der Waals surface area contributed by atoms with Gasteiger partial charge in [0.15, 0.2) is 0 Å². The van der Waals surface area contributed by atoms with Crippen LogP contribution >= 0.6 is 0 Å². The van der Waals surface area contributed by atoms with E-state index in [1.54, 1.807) is 0 Å². The first-order valence-corrected chi connectivity index (χ1v) is 12.5. The number of hydrogen-bond acceptors (Lipinski definition) is 9. The zero-order valence-electron chi connectivity index (χ0n) is 19.6. The average molecular weight is 501 g/mol. The highest BCUT2D eigenvalue weighted by Crippen LogP contribution is 2.40. The Balaban J connectivity index is 1.04. The van der Waals surface area contributed by atoms with Gasteiger partial charge in [0.25, 0.3) is 0 Å². The molecule has 1 aromatic carbocycles. The Morgan fingerprint density at radius 2 is 1.17 bits per heavy atom. The molecule has 12 heteroatoms. The molecule has 0 radical (unpaired) electrons. The summed E-state index contributed by atoms with van der Waals surface area (Å²) in [5, 5.41) is 0. The van der Waals surface area contributed by atoms with Gasteiger partial charge in [0, 0.05) is 18.8 Å². The Hall–Kier alpha value is -2.77. The first-order chi connectivity index (χ1) is 17.5. The van der Waals surface area contributed by atoms with Crippen LogP contribution in [0.25, 0.3) is 0 Å². The summed E-state index contributed by atoms with van der Waals surface area (Å²) < 4.78 is 30.9. The van der Waals surface area contributed by atoms with Crippen molar-refractivity contribution in [2.45, 2.75) is 62.4 Å². The molecule has 7 rings (SSSR count). The first-order valence-electron chi connectivity index (χ1n) is 12.5. The first kappa shape index (κ1) is 22.4. The lowest BCUT2D eigenvalue weighted by Crippen LogP contribution is -2.56. The summed E-state index contributed by atoms with van der Waals surface area (Å²) in [7, 11) is 0. The van der Waals surface area contributed by atoms with Crippen LogP contribution in [0.4, 0.5) is 5.69 Å². The van der Waals surface area contributed by atoms with Crippen LogP contribution in [0.1, 0.15) is 0 Å². The van der Waals surface area contributed by atoms with Gasteiger partial charge in [-0.1, -0.05) is 18.2 Å². The molecule has 2 aromatic rings. The van der Waals surface area contributed by atoms with E-state index in [0.717, 1.165) is 32.5 Å². The molecular formula is C24H28N4O8. The Morgan fingerprint density at radius 1 is 0.667 bits per heavy atom. The lowest BCUT2D eigenvalue weighted by molar-refractivity contribution is 0.298. The fraction of sp³-hybridized carbons (Fsp3) is 0.625. The van der Waals surface area contributed by atoms with Crippen LogP contribution in [-0.4, -0.2) is 89.3 Å². The normalized spacial score (nSPS) is 33.3. The number of hydrogen-bond donors (Lipinski definition) is 0. The Bertz CT molecular complexity index is 1260. The van der Waals surface area contributed by atoms with E-state index in [4.69, 9.17) is 23.7 Å². The third kappa shape index (κ3) is 4.66. The van der Waals surface area contributed by atoms with Crippen molar-refractivity contribution < 1.29 is 23.7 Å². The van der Waals surface area contributed by atoms with Crippen LogP contribution in [0.3, 0.4) is 0 Å². The van der Waals surface area contributed by atoms with E-state index in [9.17, 15) is 14.4 Å². The number of para-hydroxylation sites is 1. The molecule has 1 aromatic heterocycles. The number of nitrogens with zero attached hydrogens (tertiary/aromatic N) is 4. The number of epoxide rings is 5. The third-order valence-corrected chi connectivity index (χ3v) is 7.24. The van der Waals surface area contributed by atoms with Gasteiger partial charge in [0.05, 0.1) is 57.8 Å². The molecule has 5 aliphatic rings. The summed E-state index contributed by atoms with van der Waals surface area (Å²) in [6, 6.07) is 10.2. The van der Waals surface area contributed by atoms with Gasteiger partial charge < -0.3 is 28.6 Å². The van der Waals surface area contributed by atoms with Crippen molar-refractivity contribution >= 4 is 5.69 Å². The van der Waals surface area contributed by atoms with Crippen molar-refractivity contribution in [3.8, 4) is 0 Å². The monoisotopic (exact) mass is 500 g/mol. The predicted octanol–water partition coefficient (Wildman–Crippen LogP) is -1.59. The second-order valence-electron chi connectivity index (χ2n) is 10.1. The molecule has 5 aliphatic heterocycles. The maximum Gasteiger partial charge on any atom is 0.336 e. The lowest BCUT2D eigenvalue weighted by atomic mass is 10.1. The van der Waals surface area contributed by atoms with Crippen LogP contribution < -0.4 is 22.0 Å². The van der Waals surface area contributed by atoms with Gasteiger partial charge in [-0.3, -0.25) is 0 Å². The molecule has 0 aliphatic carbocycles. The average Bonchev–Trinajstić information content (AvgIpc) is 3.65. The molecule has 0 saturated carbocycles. The van der Waals surface area contributed by atoms with E-state index < -0.39 is 17.1 Å². The fourth-order valence-electron chi connectivity index (χ4n) is 4.83. The molecule has 7 unspecified atom stereocenters. The summed E-state index contributed by atoms with van der Waals surface area (Å²) in [5.74, 6) is 0. The highest BCUT2D eigenvalue weighted by Gasteiger charge is 2.58. The minimum absolute atomic E-state index is 0.000297. The van der Waals surface area contributed by atoms with E-state index in [1.807, 2.05) is 18.2 Å². The van der Waals surface area contributed by atoms with Gasteiger partial charge in [-0.2, -0.15) is 0 Å². The number of benzene rings is 1. The van der Waals surface area contributed by atoms with Crippen LogP contribution in [0.15, 0.2) is 44.7 Å². The Labute approximate surface area is 205 Å². The van der Waals surface area contributed by atoms with Crippen LogP contribution in [0.5, 0.6) is 0 Å². The molecule has 6 heterocycles. The van der Waals surface area contributed by atoms with Crippen LogP contribution in [0, 0.1) is 0 Å². The topological polar surface area (TPSA) is 132 Å². The van der Waals surface area contributed by atoms with Gasteiger partial charge >= 0.3 is 17.1 Å². The molecule has 7 atom stereocenters. The molecule has 5 fully saturated rings. The van der Waals surface area contributed by atoms with E-state index in [2.05, 4.69) is 17.0 Å². The van der Waals surface area contributed by atoms with Crippen molar-refractivity contribution in [3.05, 3.63) is 61.8 Å². The summed E-state index contributed by atoms with van der Waals surface area (Å²) in [5.41, 5.74) is -0.762. The number of ether oxygens (including phenoxy) is 5. The Kier molecular flexibility index (Phi) is 5.40. The van der Waals surface area contributed by atoms with Crippen molar-refractivity contribution in [2.75, 3.05) is 37.8 Å². The summed E-state index contributed by atoms with van der Waals surface area (Å²) in [6.07, 6.45) is -0.707. The van der Waals surface area contributed by atoms with E-state index in [1.165, 1.54) is 0 Å². The molecule has 0 amide bonds. The molecular weight excluding hydrogens is 472 g/mol. The second-order valence-corrected chi connectivity index (χ2v) is 10.1. The van der Waals surface area contributed by atoms with Crippen molar-refractivity contribution in [1.29, 1.82) is 0 Å². The highest BCUT2D eigenvalue weighted by molar-refractivity contribution is 5.46. The van der Waals surface area contributed by atoms with E-state index in [-0.39, 0.29) is 62.4 Å².